The minimum Gasteiger partial charge on any atom is -0.339 e. The van der Waals surface area contributed by atoms with Crippen LogP contribution in [0.3, 0.4) is 0 Å². The summed E-state index contributed by atoms with van der Waals surface area (Å²) in [5.74, 6) is 2.10. The highest BCUT2D eigenvalue weighted by molar-refractivity contribution is 9.10. The number of aromatic nitrogens is 9. The zero-order chi connectivity index (χ0) is 22.8. The van der Waals surface area contributed by atoms with Crippen LogP contribution in [0.1, 0.15) is 49.3 Å². The number of H-pyrrole nitrogens is 1. The molecule has 170 valence electrons. The maximum atomic E-state index is 13.2. The summed E-state index contributed by atoms with van der Waals surface area (Å²) in [4.78, 5) is 29.2. The molecule has 0 aliphatic heterocycles. The van der Waals surface area contributed by atoms with Crippen molar-refractivity contribution in [1.29, 1.82) is 0 Å². The van der Waals surface area contributed by atoms with Crippen LogP contribution in [0.25, 0.3) is 16.9 Å². The Balaban J connectivity index is 1.42. The number of fused-ring (bicyclic) bond motifs is 2. The Bertz CT molecular complexity index is 1450. The van der Waals surface area contributed by atoms with E-state index in [1.165, 1.54) is 0 Å². The first kappa shape index (κ1) is 21.4. The molecular weight excluding hydrogens is 490 g/mol. The van der Waals surface area contributed by atoms with Crippen LogP contribution in [0.2, 0.25) is 0 Å². The number of hydrogen-bond acceptors (Lipinski definition) is 8. The predicted molar refractivity (Wildman–Crippen MR) is 123 cm³/mol. The van der Waals surface area contributed by atoms with Crippen molar-refractivity contribution in [2.24, 2.45) is 0 Å². The number of imidazole rings is 1. The fourth-order valence-electron chi connectivity index (χ4n) is 3.83. The number of hydrogen-bond donors (Lipinski definition) is 1. The van der Waals surface area contributed by atoms with Gasteiger partial charge in [-0.25, -0.2) is 9.38 Å². The molecule has 33 heavy (non-hydrogen) atoms. The van der Waals surface area contributed by atoms with E-state index in [1.807, 2.05) is 16.7 Å². The van der Waals surface area contributed by atoms with Crippen LogP contribution in [0.15, 0.2) is 38.6 Å². The molecule has 0 unspecified atom stereocenters. The smallest absolute Gasteiger partial charge is 0.286 e. The maximum absolute atomic E-state index is 13.2. The second kappa shape index (κ2) is 9.22. The van der Waals surface area contributed by atoms with Gasteiger partial charge < -0.3 is 9.51 Å². The fraction of sp³-hybridized carbons (Fsp3) is 0.381. The van der Waals surface area contributed by atoms with Gasteiger partial charge in [0.1, 0.15) is 5.82 Å². The lowest BCUT2D eigenvalue weighted by molar-refractivity contribution is 0.373. The van der Waals surface area contributed by atoms with E-state index in [-0.39, 0.29) is 5.56 Å². The quantitative estimate of drug-likeness (QED) is 0.236. The van der Waals surface area contributed by atoms with Crippen LogP contribution >= 0.6 is 15.9 Å². The van der Waals surface area contributed by atoms with Crippen LogP contribution in [-0.2, 0) is 25.8 Å². The normalized spacial score (nSPS) is 11.7. The van der Waals surface area contributed by atoms with Gasteiger partial charge in [-0.15, -0.1) is 10.2 Å². The summed E-state index contributed by atoms with van der Waals surface area (Å²) in [6.45, 7) is 2.85. The molecule has 0 amide bonds. The van der Waals surface area contributed by atoms with Gasteiger partial charge in [0.15, 0.2) is 21.7 Å². The van der Waals surface area contributed by atoms with Crippen LogP contribution in [0, 0.1) is 0 Å². The van der Waals surface area contributed by atoms with Crippen molar-refractivity contribution in [2.45, 2.75) is 52.0 Å². The molecule has 5 heterocycles. The van der Waals surface area contributed by atoms with Crippen molar-refractivity contribution < 1.29 is 4.52 Å². The molecule has 1 N–H and O–H groups in total. The van der Waals surface area contributed by atoms with E-state index in [0.717, 1.165) is 24.8 Å². The molecule has 0 aromatic carbocycles. The molecule has 0 aliphatic rings. The highest BCUT2D eigenvalue weighted by atomic mass is 79.9. The Morgan fingerprint density at radius 3 is 2.91 bits per heavy atom. The summed E-state index contributed by atoms with van der Waals surface area (Å²) >= 11 is 3.35. The van der Waals surface area contributed by atoms with E-state index in [2.05, 4.69) is 58.1 Å². The maximum Gasteiger partial charge on any atom is 0.286 e. The lowest BCUT2D eigenvalue weighted by atomic mass is 10.2. The van der Waals surface area contributed by atoms with Crippen LogP contribution in [0.4, 0.5) is 0 Å². The lowest BCUT2D eigenvalue weighted by Crippen LogP contribution is -2.21. The van der Waals surface area contributed by atoms with Gasteiger partial charge in [-0.2, -0.15) is 4.98 Å². The molecule has 5 aromatic rings. The average Bonchev–Trinajstić information content (AvgIpc) is 3.54. The number of aryl methyl sites for hydroxylation is 3. The van der Waals surface area contributed by atoms with E-state index >= 15 is 0 Å². The van der Waals surface area contributed by atoms with Crippen LogP contribution < -0.4 is 5.56 Å². The molecule has 0 saturated carbocycles. The molecule has 5 aromatic heterocycles. The van der Waals surface area contributed by atoms with Gasteiger partial charge >= 0.3 is 0 Å². The van der Waals surface area contributed by atoms with E-state index < -0.39 is 0 Å². The van der Waals surface area contributed by atoms with Crippen molar-refractivity contribution in [1.82, 2.24) is 44.3 Å². The first-order valence-corrected chi connectivity index (χ1v) is 11.7. The second-order valence-electron chi connectivity index (χ2n) is 7.78. The number of unbranched alkanes of at least 4 members (excludes halogenated alkanes) is 2. The van der Waals surface area contributed by atoms with Crippen molar-refractivity contribution in [3.05, 3.63) is 62.7 Å². The van der Waals surface area contributed by atoms with Gasteiger partial charge in [-0.05, 0) is 34.0 Å². The zero-order valence-electron chi connectivity index (χ0n) is 18.0. The van der Waals surface area contributed by atoms with Gasteiger partial charge in [0.05, 0.1) is 0 Å². The molecular formula is C21H22BrN9O2. The number of aromatic amines is 1. The molecule has 0 saturated heterocycles. The molecule has 0 aliphatic carbocycles. The summed E-state index contributed by atoms with van der Waals surface area (Å²) in [7, 11) is 0. The number of nitrogens with one attached hydrogen (secondary N) is 1. The van der Waals surface area contributed by atoms with Crippen molar-refractivity contribution >= 4 is 32.9 Å². The van der Waals surface area contributed by atoms with Gasteiger partial charge in [-0.3, -0.25) is 14.3 Å². The SMILES string of the molecule is CCCCCn1c2nc(Br)[nH]c2c(=O)n2c(CCc3nc(Cc4cccnc4)no3)nnc12. The van der Waals surface area contributed by atoms with Gasteiger partial charge in [-0.1, -0.05) is 31.0 Å². The summed E-state index contributed by atoms with van der Waals surface area (Å²) in [5, 5.41) is 12.7. The highest BCUT2D eigenvalue weighted by Crippen LogP contribution is 2.17. The average molecular weight is 512 g/mol. The minimum absolute atomic E-state index is 0.229. The molecule has 0 fully saturated rings. The number of pyridine rings is 1. The third-order valence-electron chi connectivity index (χ3n) is 5.43. The van der Waals surface area contributed by atoms with Gasteiger partial charge in [0.25, 0.3) is 5.56 Å². The summed E-state index contributed by atoms with van der Waals surface area (Å²) < 4.78 is 9.40. The standard InChI is InChI=1S/C21H22BrN9O2/c1-2-3-4-10-30-18-17(25-20(22)26-18)19(32)31-15(27-28-21(30)31)7-8-16-24-14(29-33-16)11-13-6-5-9-23-12-13/h5-6,9,12H,2-4,7-8,10-11H2,1H3,(H,25,26). The molecule has 0 spiro atoms. The van der Waals surface area contributed by atoms with Crippen molar-refractivity contribution in [2.75, 3.05) is 0 Å². The first-order valence-electron chi connectivity index (χ1n) is 10.9. The van der Waals surface area contributed by atoms with Gasteiger partial charge in [0, 0.05) is 38.2 Å². The Labute approximate surface area is 196 Å². The van der Waals surface area contributed by atoms with Gasteiger partial charge in [0.2, 0.25) is 11.7 Å². The fourth-order valence-corrected chi connectivity index (χ4v) is 4.20. The Morgan fingerprint density at radius 2 is 2.09 bits per heavy atom. The molecule has 0 radical (unpaired) electrons. The Kier molecular flexibility index (Phi) is 5.99. The van der Waals surface area contributed by atoms with E-state index in [1.54, 1.807) is 16.8 Å². The van der Waals surface area contributed by atoms with Crippen LogP contribution in [-0.4, -0.2) is 44.3 Å². The topological polar surface area (TPSA) is 133 Å². The van der Waals surface area contributed by atoms with Crippen molar-refractivity contribution in [3.8, 4) is 0 Å². The number of rotatable bonds is 9. The van der Waals surface area contributed by atoms with Crippen molar-refractivity contribution in [3.63, 3.8) is 0 Å². The third-order valence-corrected chi connectivity index (χ3v) is 5.80. The molecule has 0 atom stereocenters. The molecule has 11 nitrogen and oxygen atoms in total. The highest BCUT2D eigenvalue weighted by Gasteiger charge is 2.20. The molecule has 5 rings (SSSR count). The molecule has 12 heteroatoms. The monoisotopic (exact) mass is 511 g/mol. The Hall–Kier alpha value is -3.41. The third kappa shape index (κ3) is 4.30. The largest absolute Gasteiger partial charge is 0.339 e. The molecule has 0 bridgehead atoms. The Morgan fingerprint density at radius 1 is 1.18 bits per heavy atom. The van der Waals surface area contributed by atoms with E-state index in [0.29, 0.717) is 65.0 Å². The summed E-state index contributed by atoms with van der Waals surface area (Å²) in [6.07, 6.45) is 8.04. The summed E-state index contributed by atoms with van der Waals surface area (Å²) in [5.41, 5.74) is 1.77. The van der Waals surface area contributed by atoms with Crippen LogP contribution in [0.5, 0.6) is 0 Å². The number of nitrogens with zero attached hydrogens (tertiary/aromatic N) is 8. The second-order valence-corrected chi connectivity index (χ2v) is 8.54. The minimum atomic E-state index is -0.229. The summed E-state index contributed by atoms with van der Waals surface area (Å²) in [6, 6.07) is 3.84. The van der Waals surface area contributed by atoms with E-state index in [4.69, 9.17) is 4.52 Å². The van der Waals surface area contributed by atoms with E-state index in [9.17, 15) is 4.79 Å². The first-order chi connectivity index (χ1) is 16.1. The lowest BCUT2D eigenvalue weighted by Gasteiger charge is -2.09. The zero-order valence-corrected chi connectivity index (χ0v) is 19.6. The predicted octanol–water partition coefficient (Wildman–Crippen LogP) is 2.87. The number of halogens is 1.